The average molecular weight is 321 g/mol. The second-order valence-corrected chi connectivity index (χ2v) is 5.48. The van der Waals surface area contributed by atoms with Crippen molar-refractivity contribution >= 4 is 17.5 Å². The van der Waals surface area contributed by atoms with Crippen LogP contribution < -0.4 is 10.6 Å². The molecule has 2 aromatic rings. The molecule has 0 unspecified atom stereocenters. The first-order valence-corrected chi connectivity index (χ1v) is 7.65. The fourth-order valence-electron chi connectivity index (χ4n) is 2.33. The van der Waals surface area contributed by atoms with Crippen LogP contribution in [0, 0.1) is 18.3 Å². The Morgan fingerprint density at radius 3 is 2.62 bits per heavy atom. The van der Waals surface area contributed by atoms with Gasteiger partial charge in [-0.25, -0.2) is 0 Å². The van der Waals surface area contributed by atoms with Crippen molar-refractivity contribution in [2.24, 2.45) is 0 Å². The Morgan fingerprint density at radius 2 is 1.88 bits per heavy atom. The van der Waals surface area contributed by atoms with E-state index >= 15 is 0 Å². The standard InChI is InChI=1S/C19H19N3O2/c1-14-5-4-6-15(11-14)12-19(24)21-13-16-7-2-3-8-17(16)22-18(23)9-10-20/h2-8,11H,9,12-13H2,1H3,(H,21,24)(H,22,23). The van der Waals surface area contributed by atoms with Crippen LogP contribution >= 0.6 is 0 Å². The number of hydrogen-bond donors (Lipinski definition) is 2. The third kappa shape index (κ3) is 5.25. The highest BCUT2D eigenvalue weighted by molar-refractivity contribution is 5.92. The van der Waals surface area contributed by atoms with Crippen LogP contribution in [0.2, 0.25) is 0 Å². The number of nitrogens with one attached hydrogen (secondary N) is 2. The Hall–Kier alpha value is -3.13. The third-order valence-corrected chi connectivity index (χ3v) is 3.45. The van der Waals surface area contributed by atoms with E-state index in [1.807, 2.05) is 49.4 Å². The minimum Gasteiger partial charge on any atom is -0.352 e. The zero-order valence-electron chi connectivity index (χ0n) is 13.5. The molecule has 0 saturated carbocycles. The van der Waals surface area contributed by atoms with E-state index in [9.17, 15) is 9.59 Å². The van der Waals surface area contributed by atoms with Crippen molar-refractivity contribution in [1.82, 2.24) is 5.32 Å². The highest BCUT2D eigenvalue weighted by atomic mass is 16.2. The molecule has 5 nitrogen and oxygen atoms in total. The molecule has 2 rings (SSSR count). The fraction of sp³-hybridized carbons (Fsp3) is 0.211. The van der Waals surface area contributed by atoms with Gasteiger partial charge in [0.1, 0.15) is 6.42 Å². The number of nitrogens with zero attached hydrogens (tertiary/aromatic N) is 1. The zero-order chi connectivity index (χ0) is 17.4. The van der Waals surface area contributed by atoms with Gasteiger partial charge in [-0.2, -0.15) is 5.26 Å². The van der Waals surface area contributed by atoms with Crippen LogP contribution in [0.5, 0.6) is 0 Å². The molecule has 0 atom stereocenters. The molecule has 0 aliphatic heterocycles. The average Bonchev–Trinajstić information content (AvgIpc) is 2.54. The predicted molar refractivity (Wildman–Crippen MR) is 92.0 cm³/mol. The monoisotopic (exact) mass is 321 g/mol. The number of anilines is 1. The fourth-order valence-corrected chi connectivity index (χ4v) is 2.33. The predicted octanol–water partition coefficient (Wildman–Crippen LogP) is 2.71. The molecule has 122 valence electrons. The molecule has 0 aliphatic carbocycles. The molecule has 0 aromatic heterocycles. The van der Waals surface area contributed by atoms with E-state index in [1.165, 1.54) is 0 Å². The Labute approximate surface area is 141 Å². The summed E-state index contributed by atoms with van der Waals surface area (Å²) in [6.07, 6.45) is 0.110. The van der Waals surface area contributed by atoms with Gasteiger partial charge in [0.15, 0.2) is 0 Å². The van der Waals surface area contributed by atoms with E-state index in [0.29, 0.717) is 18.7 Å². The van der Waals surface area contributed by atoms with Gasteiger partial charge in [-0.15, -0.1) is 0 Å². The maximum absolute atomic E-state index is 12.1. The number of rotatable bonds is 6. The molecule has 0 radical (unpaired) electrons. The van der Waals surface area contributed by atoms with Gasteiger partial charge in [-0.1, -0.05) is 48.0 Å². The number of amides is 2. The number of nitriles is 1. The lowest BCUT2D eigenvalue weighted by atomic mass is 10.1. The first-order valence-electron chi connectivity index (χ1n) is 7.65. The molecular weight excluding hydrogens is 302 g/mol. The maximum Gasteiger partial charge on any atom is 0.238 e. The van der Waals surface area contributed by atoms with Crippen LogP contribution in [0.15, 0.2) is 48.5 Å². The normalized spacial score (nSPS) is 9.83. The van der Waals surface area contributed by atoms with Gasteiger partial charge in [0, 0.05) is 12.2 Å². The van der Waals surface area contributed by atoms with E-state index < -0.39 is 0 Å². The summed E-state index contributed by atoms with van der Waals surface area (Å²) in [5, 5.41) is 14.1. The number of aryl methyl sites for hydroxylation is 1. The minimum absolute atomic E-state index is 0.0845. The molecule has 2 amide bonds. The summed E-state index contributed by atoms with van der Waals surface area (Å²) in [5.41, 5.74) is 3.48. The smallest absolute Gasteiger partial charge is 0.238 e. The molecule has 0 spiro atoms. The molecule has 0 bridgehead atoms. The summed E-state index contributed by atoms with van der Waals surface area (Å²) in [6, 6.07) is 16.8. The van der Waals surface area contributed by atoms with E-state index in [2.05, 4.69) is 10.6 Å². The van der Waals surface area contributed by atoms with Crippen LogP contribution in [-0.2, 0) is 22.6 Å². The molecule has 24 heavy (non-hydrogen) atoms. The molecule has 0 saturated heterocycles. The van der Waals surface area contributed by atoms with E-state index in [1.54, 1.807) is 12.1 Å². The number of para-hydroxylation sites is 1. The van der Waals surface area contributed by atoms with Gasteiger partial charge < -0.3 is 10.6 Å². The first-order chi connectivity index (χ1) is 11.6. The summed E-state index contributed by atoms with van der Waals surface area (Å²) in [4.78, 5) is 23.6. The molecule has 2 aromatic carbocycles. The second-order valence-electron chi connectivity index (χ2n) is 5.48. The van der Waals surface area contributed by atoms with Gasteiger partial charge in [0.25, 0.3) is 0 Å². The largest absolute Gasteiger partial charge is 0.352 e. The van der Waals surface area contributed by atoms with Crippen molar-refractivity contribution in [2.45, 2.75) is 26.3 Å². The number of hydrogen-bond acceptors (Lipinski definition) is 3. The lowest BCUT2D eigenvalue weighted by Gasteiger charge is -2.11. The van der Waals surface area contributed by atoms with Crippen molar-refractivity contribution in [3.8, 4) is 6.07 Å². The van der Waals surface area contributed by atoms with Crippen LogP contribution in [-0.4, -0.2) is 11.8 Å². The topological polar surface area (TPSA) is 82.0 Å². The van der Waals surface area contributed by atoms with E-state index in [4.69, 9.17) is 5.26 Å². The maximum atomic E-state index is 12.1. The molecule has 0 fully saturated rings. The zero-order valence-corrected chi connectivity index (χ0v) is 13.5. The lowest BCUT2D eigenvalue weighted by Crippen LogP contribution is -2.25. The Morgan fingerprint density at radius 1 is 1.08 bits per heavy atom. The first kappa shape index (κ1) is 17.2. The second kappa shape index (κ2) is 8.49. The number of benzene rings is 2. The Bertz CT molecular complexity index is 778. The molecule has 2 N–H and O–H groups in total. The molecule has 0 heterocycles. The van der Waals surface area contributed by atoms with Crippen LogP contribution in [0.25, 0.3) is 0 Å². The number of carbonyl (C=O) groups excluding carboxylic acids is 2. The SMILES string of the molecule is Cc1cccc(CC(=O)NCc2ccccc2NC(=O)CC#N)c1. The molecule has 5 heteroatoms. The number of carbonyl (C=O) groups is 2. The van der Waals surface area contributed by atoms with Gasteiger partial charge >= 0.3 is 0 Å². The summed E-state index contributed by atoms with van der Waals surface area (Å²) in [7, 11) is 0. The minimum atomic E-state index is -0.365. The van der Waals surface area contributed by atoms with E-state index in [-0.39, 0.29) is 18.2 Å². The van der Waals surface area contributed by atoms with Crippen LogP contribution in [0.3, 0.4) is 0 Å². The summed E-state index contributed by atoms with van der Waals surface area (Å²) in [6.45, 7) is 2.30. The van der Waals surface area contributed by atoms with Crippen molar-refractivity contribution in [3.63, 3.8) is 0 Å². The summed E-state index contributed by atoms with van der Waals surface area (Å²) < 4.78 is 0. The van der Waals surface area contributed by atoms with Gasteiger partial charge in [0.05, 0.1) is 12.5 Å². The third-order valence-electron chi connectivity index (χ3n) is 3.45. The van der Waals surface area contributed by atoms with Crippen molar-refractivity contribution in [2.75, 3.05) is 5.32 Å². The van der Waals surface area contributed by atoms with Gasteiger partial charge in [-0.3, -0.25) is 9.59 Å². The van der Waals surface area contributed by atoms with E-state index in [0.717, 1.165) is 16.7 Å². The highest BCUT2D eigenvalue weighted by Gasteiger charge is 2.08. The van der Waals surface area contributed by atoms with Gasteiger partial charge in [-0.05, 0) is 24.1 Å². The van der Waals surface area contributed by atoms with Crippen molar-refractivity contribution in [1.29, 1.82) is 5.26 Å². The highest BCUT2D eigenvalue weighted by Crippen LogP contribution is 2.15. The Kier molecular flexibility index (Phi) is 6.09. The van der Waals surface area contributed by atoms with Crippen LogP contribution in [0.4, 0.5) is 5.69 Å². The molecule has 0 aliphatic rings. The van der Waals surface area contributed by atoms with Crippen LogP contribution in [0.1, 0.15) is 23.1 Å². The van der Waals surface area contributed by atoms with Gasteiger partial charge in [0.2, 0.25) is 11.8 Å². The Balaban J connectivity index is 1.95. The quantitative estimate of drug-likeness (QED) is 0.858. The summed E-state index contributed by atoms with van der Waals surface area (Å²) in [5.74, 6) is -0.449. The molecular formula is C19H19N3O2. The summed E-state index contributed by atoms with van der Waals surface area (Å²) >= 11 is 0. The lowest BCUT2D eigenvalue weighted by molar-refractivity contribution is -0.120. The van der Waals surface area contributed by atoms with Crippen molar-refractivity contribution < 1.29 is 9.59 Å². The van der Waals surface area contributed by atoms with Crippen molar-refractivity contribution in [3.05, 3.63) is 65.2 Å².